The lowest BCUT2D eigenvalue weighted by Gasteiger charge is -2.20. The highest BCUT2D eigenvalue weighted by Gasteiger charge is 2.15. The van der Waals surface area contributed by atoms with Crippen molar-refractivity contribution in [2.45, 2.75) is 32.7 Å². The Hall–Kier alpha value is -0.620. The van der Waals surface area contributed by atoms with Crippen molar-refractivity contribution in [1.82, 2.24) is 5.32 Å². The molecule has 0 saturated carbocycles. The van der Waals surface area contributed by atoms with Crippen LogP contribution in [-0.4, -0.2) is 25.6 Å². The summed E-state index contributed by atoms with van der Waals surface area (Å²) < 4.78 is 21.0. The summed E-state index contributed by atoms with van der Waals surface area (Å²) in [5.74, 6) is -0.615. The SMILES string of the molecule is CC(C)(C)NC(=O)CCS(N)(=O)=O. The van der Waals surface area contributed by atoms with Gasteiger partial charge in [-0.25, -0.2) is 13.6 Å². The van der Waals surface area contributed by atoms with Crippen molar-refractivity contribution in [2.75, 3.05) is 5.75 Å². The van der Waals surface area contributed by atoms with Crippen LogP contribution in [0.4, 0.5) is 0 Å². The minimum absolute atomic E-state index is 0.0872. The number of nitrogens with one attached hydrogen (secondary N) is 1. The third-order valence-electron chi connectivity index (χ3n) is 1.13. The molecule has 0 saturated heterocycles. The lowest BCUT2D eigenvalue weighted by molar-refractivity contribution is -0.122. The molecule has 0 unspecified atom stereocenters. The fourth-order valence-electron chi connectivity index (χ4n) is 0.716. The Bertz CT molecular complexity index is 277. The van der Waals surface area contributed by atoms with E-state index in [1.54, 1.807) is 0 Å². The molecule has 0 bridgehead atoms. The highest BCUT2D eigenvalue weighted by molar-refractivity contribution is 7.89. The maximum Gasteiger partial charge on any atom is 0.221 e. The number of carbonyl (C=O) groups is 1. The van der Waals surface area contributed by atoms with Crippen LogP contribution in [0.15, 0.2) is 0 Å². The minimum Gasteiger partial charge on any atom is -0.351 e. The second-order valence-electron chi connectivity index (χ2n) is 3.92. The van der Waals surface area contributed by atoms with E-state index in [0.717, 1.165) is 0 Å². The molecule has 0 aromatic rings. The Labute approximate surface area is 78.7 Å². The second-order valence-corrected chi connectivity index (χ2v) is 5.65. The van der Waals surface area contributed by atoms with E-state index in [1.807, 2.05) is 20.8 Å². The van der Waals surface area contributed by atoms with Crippen molar-refractivity contribution in [3.05, 3.63) is 0 Å². The van der Waals surface area contributed by atoms with E-state index in [-0.39, 0.29) is 23.6 Å². The second kappa shape index (κ2) is 4.06. The van der Waals surface area contributed by atoms with E-state index < -0.39 is 10.0 Å². The molecule has 0 atom stereocenters. The Morgan fingerprint density at radius 2 is 1.85 bits per heavy atom. The molecule has 3 N–H and O–H groups in total. The number of hydrogen-bond acceptors (Lipinski definition) is 3. The van der Waals surface area contributed by atoms with Gasteiger partial charge in [-0.15, -0.1) is 0 Å². The number of rotatable bonds is 3. The normalized spacial score (nSPS) is 12.6. The van der Waals surface area contributed by atoms with Crippen LogP contribution < -0.4 is 10.5 Å². The van der Waals surface area contributed by atoms with Gasteiger partial charge in [-0.05, 0) is 20.8 Å². The fourth-order valence-corrected chi connectivity index (χ4v) is 1.19. The summed E-state index contributed by atoms with van der Waals surface area (Å²) >= 11 is 0. The number of amides is 1. The Morgan fingerprint density at radius 1 is 1.38 bits per heavy atom. The van der Waals surface area contributed by atoms with Crippen molar-refractivity contribution >= 4 is 15.9 Å². The zero-order valence-electron chi connectivity index (χ0n) is 8.12. The minimum atomic E-state index is -3.54. The van der Waals surface area contributed by atoms with Gasteiger partial charge in [-0.1, -0.05) is 0 Å². The first kappa shape index (κ1) is 12.4. The van der Waals surface area contributed by atoms with Crippen LogP contribution in [0.1, 0.15) is 27.2 Å². The molecule has 0 aromatic carbocycles. The lowest BCUT2D eigenvalue weighted by atomic mass is 10.1. The molecule has 0 aliphatic heterocycles. The van der Waals surface area contributed by atoms with Gasteiger partial charge >= 0.3 is 0 Å². The number of nitrogens with two attached hydrogens (primary N) is 1. The molecule has 6 heteroatoms. The smallest absolute Gasteiger partial charge is 0.221 e. The van der Waals surface area contributed by atoms with E-state index >= 15 is 0 Å². The van der Waals surface area contributed by atoms with Crippen molar-refractivity contribution in [3.8, 4) is 0 Å². The predicted molar refractivity (Wildman–Crippen MR) is 50.5 cm³/mol. The molecule has 78 valence electrons. The van der Waals surface area contributed by atoms with Crippen LogP contribution >= 0.6 is 0 Å². The first-order valence-electron chi connectivity index (χ1n) is 3.92. The molecule has 0 heterocycles. The Kier molecular flexibility index (Phi) is 3.87. The molecule has 0 rings (SSSR count). The van der Waals surface area contributed by atoms with Crippen LogP contribution in [0.25, 0.3) is 0 Å². The van der Waals surface area contributed by atoms with Crippen LogP contribution in [0.5, 0.6) is 0 Å². The van der Waals surface area contributed by atoms with E-state index in [2.05, 4.69) is 5.32 Å². The maximum atomic E-state index is 11.1. The standard InChI is InChI=1S/C7H16N2O3S/c1-7(2,3)9-6(10)4-5-13(8,11)12/h4-5H2,1-3H3,(H,9,10)(H2,8,11,12). The largest absolute Gasteiger partial charge is 0.351 e. The quantitative estimate of drug-likeness (QED) is 0.660. The lowest BCUT2D eigenvalue weighted by Crippen LogP contribution is -2.41. The summed E-state index contributed by atoms with van der Waals surface area (Å²) in [4.78, 5) is 11.1. The van der Waals surface area contributed by atoms with Gasteiger partial charge in [0.05, 0.1) is 5.75 Å². The van der Waals surface area contributed by atoms with Crippen molar-refractivity contribution in [3.63, 3.8) is 0 Å². The third-order valence-corrected chi connectivity index (χ3v) is 1.90. The third kappa shape index (κ3) is 9.29. The fraction of sp³-hybridized carbons (Fsp3) is 0.857. The van der Waals surface area contributed by atoms with Crippen LogP contribution in [-0.2, 0) is 14.8 Å². The molecular formula is C7H16N2O3S. The summed E-state index contributed by atoms with van der Waals surface area (Å²) in [6.45, 7) is 5.46. The molecule has 0 fully saturated rings. The van der Waals surface area contributed by atoms with Gasteiger partial charge in [0, 0.05) is 12.0 Å². The molecular weight excluding hydrogens is 192 g/mol. The first-order chi connectivity index (χ1) is 5.60. The topological polar surface area (TPSA) is 89.3 Å². The van der Waals surface area contributed by atoms with Gasteiger partial charge in [0.1, 0.15) is 0 Å². The van der Waals surface area contributed by atoms with Gasteiger partial charge < -0.3 is 5.32 Å². The predicted octanol–water partition coefficient (Wildman–Crippen LogP) is -0.420. The van der Waals surface area contributed by atoms with E-state index in [1.165, 1.54) is 0 Å². The van der Waals surface area contributed by atoms with Crippen LogP contribution in [0.2, 0.25) is 0 Å². The molecule has 5 nitrogen and oxygen atoms in total. The maximum absolute atomic E-state index is 11.1. The van der Waals surface area contributed by atoms with Gasteiger partial charge in [0.2, 0.25) is 15.9 Å². The van der Waals surface area contributed by atoms with Crippen molar-refractivity contribution < 1.29 is 13.2 Å². The Balaban J connectivity index is 3.92. The van der Waals surface area contributed by atoms with E-state index in [9.17, 15) is 13.2 Å². The molecule has 0 aliphatic carbocycles. The van der Waals surface area contributed by atoms with E-state index in [0.29, 0.717) is 0 Å². The van der Waals surface area contributed by atoms with Crippen molar-refractivity contribution in [2.24, 2.45) is 5.14 Å². The average Bonchev–Trinajstić information content (AvgIpc) is 1.78. The molecule has 0 radical (unpaired) electrons. The summed E-state index contributed by atoms with van der Waals surface area (Å²) in [6, 6.07) is 0. The van der Waals surface area contributed by atoms with Crippen molar-refractivity contribution in [1.29, 1.82) is 0 Å². The summed E-state index contributed by atoms with van der Waals surface area (Å²) in [5.41, 5.74) is -0.338. The van der Waals surface area contributed by atoms with Crippen LogP contribution in [0.3, 0.4) is 0 Å². The average molecular weight is 208 g/mol. The van der Waals surface area contributed by atoms with Gasteiger partial charge in [0.15, 0.2) is 0 Å². The number of primary sulfonamides is 1. The first-order valence-corrected chi connectivity index (χ1v) is 5.63. The Morgan fingerprint density at radius 3 is 2.15 bits per heavy atom. The van der Waals surface area contributed by atoms with E-state index in [4.69, 9.17) is 5.14 Å². The zero-order chi connectivity index (χ0) is 10.7. The molecule has 0 spiro atoms. The van der Waals surface area contributed by atoms with Gasteiger partial charge in [0.25, 0.3) is 0 Å². The molecule has 1 amide bonds. The number of hydrogen-bond donors (Lipinski definition) is 2. The molecule has 13 heavy (non-hydrogen) atoms. The van der Waals surface area contributed by atoms with Crippen LogP contribution in [0, 0.1) is 0 Å². The monoisotopic (exact) mass is 208 g/mol. The summed E-state index contributed by atoms with van der Waals surface area (Å²) in [5, 5.41) is 7.37. The molecule has 0 aliphatic rings. The summed E-state index contributed by atoms with van der Waals surface area (Å²) in [6.07, 6.45) is -0.0872. The number of carbonyl (C=O) groups excluding carboxylic acids is 1. The zero-order valence-corrected chi connectivity index (χ0v) is 8.94. The van der Waals surface area contributed by atoms with Gasteiger partial charge in [-0.2, -0.15) is 0 Å². The highest BCUT2D eigenvalue weighted by atomic mass is 32.2. The van der Waals surface area contributed by atoms with Gasteiger partial charge in [-0.3, -0.25) is 4.79 Å². The highest BCUT2D eigenvalue weighted by Crippen LogP contribution is 1.99. The molecule has 0 aromatic heterocycles. The number of sulfonamides is 1. The summed E-state index contributed by atoms with van der Waals surface area (Å²) in [7, 11) is -3.54.